The van der Waals surface area contributed by atoms with Gasteiger partial charge < -0.3 is 5.11 Å². The predicted molar refractivity (Wildman–Crippen MR) is 69.0 cm³/mol. The van der Waals surface area contributed by atoms with Gasteiger partial charge in [0.1, 0.15) is 5.78 Å². The largest absolute Gasteiger partial charge is 0.392 e. The van der Waals surface area contributed by atoms with E-state index >= 15 is 0 Å². The molecule has 0 aromatic carbocycles. The zero-order valence-electron chi connectivity index (χ0n) is 11.8. The van der Waals surface area contributed by atoms with E-state index in [0.717, 1.165) is 6.42 Å². The Morgan fingerprint density at radius 1 is 1.39 bits per heavy atom. The minimum atomic E-state index is -0.806. The van der Waals surface area contributed by atoms with E-state index in [2.05, 4.69) is 0 Å². The monoisotopic (exact) mass is 252 g/mol. The molecule has 1 unspecified atom stereocenters. The second-order valence-electron chi connectivity index (χ2n) is 6.83. The highest BCUT2D eigenvalue weighted by atomic mass is 16.3. The quantitative estimate of drug-likeness (QED) is 0.768. The molecule has 2 fully saturated rings. The standard InChI is InChI=1S/C15H24O3/c1-9(2)11(16)15-7-5-6-14(4,13(15)18)12(17)10(3)8-15/h9-10,12,17H,5-8H2,1-4H3/t10-,12?,14+,15-/m1/s1. The fraction of sp³-hybridized carbons (Fsp3) is 0.867. The summed E-state index contributed by atoms with van der Waals surface area (Å²) in [7, 11) is 0. The van der Waals surface area contributed by atoms with Gasteiger partial charge in [0, 0.05) is 5.92 Å². The molecule has 0 spiro atoms. The summed E-state index contributed by atoms with van der Waals surface area (Å²) >= 11 is 0. The SMILES string of the molecule is CC(C)C(=O)[C@]12CCC[C@](C)(C1=O)C(O)[C@H](C)C2. The molecule has 0 aromatic heterocycles. The molecule has 2 saturated carbocycles. The van der Waals surface area contributed by atoms with Crippen molar-refractivity contribution < 1.29 is 14.7 Å². The van der Waals surface area contributed by atoms with Crippen LogP contribution in [-0.4, -0.2) is 22.8 Å². The molecule has 3 nitrogen and oxygen atoms in total. The van der Waals surface area contributed by atoms with Gasteiger partial charge in [0.15, 0.2) is 5.78 Å². The van der Waals surface area contributed by atoms with Crippen LogP contribution < -0.4 is 0 Å². The zero-order valence-corrected chi connectivity index (χ0v) is 11.8. The Balaban J connectivity index is 2.48. The molecule has 0 aromatic rings. The van der Waals surface area contributed by atoms with Crippen LogP contribution in [0.5, 0.6) is 0 Å². The van der Waals surface area contributed by atoms with Crippen molar-refractivity contribution in [3.8, 4) is 0 Å². The molecule has 0 aliphatic heterocycles. The highest BCUT2D eigenvalue weighted by molar-refractivity contribution is 6.11. The van der Waals surface area contributed by atoms with Crippen LogP contribution in [0, 0.1) is 22.7 Å². The Bertz CT molecular complexity index is 387. The van der Waals surface area contributed by atoms with Crippen molar-refractivity contribution in [1.82, 2.24) is 0 Å². The molecule has 1 N–H and O–H groups in total. The lowest BCUT2D eigenvalue weighted by molar-refractivity contribution is -0.173. The van der Waals surface area contributed by atoms with E-state index in [-0.39, 0.29) is 23.4 Å². The number of hydrogen-bond acceptors (Lipinski definition) is 3. The van der Waals surface area contributed by atoms with E-state index in [1.54, 1.807) is 0 Å². The Morgan fingerprint density at radius 2 is 2.00 bits per heavy atom. The highest BCUT2D eigenvalue weighted by Gasteiger charge is 2.62. The summed E-state index contributed by atoms with van der Waals surface area (Å²) in [4.78, 5) is 25.3. The summed E-state index contributed by atoms with van der Waals surface area (Å²) in [5.74, 6) is -0.00262. The van der Waals surface area contributed by atoms with E-state index in [1.807, 2.05) is 27.7 Å². The van der Waals surface area contributed by atoms with Crippen molar-refractivity contribution in [2.45, 2.75) is 59.5 Å². The van der Waals surface area contributed by atoms with Gasteiger partial charge in [0.25, 0.3) is 0 Å². The second kappa shape index (κ2) is 4.16. The van der Waals surface area contributed by atoms with E-state index in [4.69, 9.17) is 0 Å². The average Bonchev–Trinajstić information content (AvgIpc) is 2.31. The summed E-state index contributed by atoms with van der Waals surface area (Å²) in [6.07, 6.45) is 2.18. The van der Waals surface area contributed by atoms with E-state index in [1.165, 1.54) is 0 Å². The van der Waals surface area contributed by atoms with Crippen LogP contribution in [0.1, 0.15) is 53.4 Å². The fourth-order valence-corrected chi connectivity index (χ4v) is 4.19. The molecule has 0 saturated heterocycles. The van der Waals surface area contributed by atoms with Gasteiger partial charge in [-0.2, -0.15) is 0 Å². The maximum absolute atomic E-state index is 12.8. The zero-order chi connectivity index (χ0) is 13.7. The molecule has 4 atom stereocenters. The summed E-state index contributed by atoms with van der Waals surface area (Å²) in [5, 5.41) is 10.3. The number of carbonyl (C=O) groups excluding carboxylic acids is 2. The normalized spacial score (nSPS) is 44.2. The average molecular weight is 252 g/mol. The highest BCUT2D eigenvalue weighted by Crippen LogP contribution is 2.55. The summed E-state index contributed by atoms with van der Waals surface area (Å²) in [5.41, 5.74) is -1.51. The van der Waals surface area contributed by atoms with E-state index in [9.17, 15) is 14.7 Å². The van der Waals surface area contributed by atoms with Crippen LogP contribution in [0.4, 0.5) is 0 Å². The Kier molecular flexibility index (Phi) is 3.17. The maximum Gasteiger partial charge on any atom is 0.154 e. The Hall–Kier alpha value is -0.700. The molecule has 0 radical (unpaired) electrons. The number of carbonyl (C=O) groups is 2. The number of rotatable bonds is 2. The Labute approximate surface area is 109 Å². The minimum absolute atomic E-state index is 0.00514. The molecule has 2 bridgehead atoms. The molecule has 102 valence electrons. The first-order valence-electron chi connectivity index (χ1n) is 7.03. The lowest BCUT2D eigenvalue weighted by Gasteiger charge is -2.53. The number of aliphatic hydroxyl groups excluding tert-OH is 1. The third-order valence-electron chi connectivity index (χ3n) is 5.11. The second-order valence-corrected chi connectivity index (χ2v) is 6.83. The molecule has 0 amide bonds. The van der Waals surface area contributed by atoms with Crippen molar-refractivity contribution in [1.29, 1.82) is 0 Å². The van der Waals surface area contributed by atoms with Crippen molar-refractivity contribution in [3.63, 3.8) is 0 Å². The van der Waals surface area contributed by atoms with Gasteiger partial charge in [-0.05, 0) is 25.2 Å². The fourth-order valence-electron chi connectivity index (χ4n) is 4.19. The number of aliphatic hydroxyl groups is 1. The van der Waals surface area contributed by atoms with Gasteiger partial charge in [-0.15, -0.1) is 0 Å². The molecular formula is C15H24O3. The first-order chi connectivity index (χ1) is 8.25. The van der Waals surface area contributed by atoms with Gasteiger partial charge in [0.05, 0.1) is 16.9 Å². The van der Waals surface area contributed by atoms with Crippen LogP contribution >= 0.6 is 0 Å². The molecule has 18 heavy (non-hydrogen) atoms. The summed E-state index contributed by atoms with van der Waals surface area (Å²) < 4.78 is 0. The first kappa shape index (κ1) is 13.7. The van der Waals surface area contributed by atoms with Gasteiger partial charge >= 0.3 is 0 Å². The smallest absolute Gasteiger partial charge is 0.154 e. The van der Waals surface area contributed by atoms with Crippen molar-refractivity contribution >= 4 is 11.6 Å². The van der Waals surface area contributed by atoms with Crippen LogP contribution in [0.25, 0.3) is 0 Å². The number of fused-ring (bicyclic) bond motifs is 2. The topological polar surface area (TPSA) is 54.4 Å². The maximum atomic E-state index is 12.8. The van der Waals surface area contributed by atoms with Gasteiger partial charge in [-0.25, -0.2) is 0 Å². The molecule has 2 rings (SSSR count). The van der Waals surface area contributed by atoms with Crippen molar-refractivity contribution in [3.05, 3.63) is 0 Å². The van der Waals surface area contributed by atoms with Crippen molar-refractivity contribution in [2.24, 2.45) is 22.7 Å². The molecular weight excluding hydrogens is 228 g/mol. The van der Waals surface area contributed by atoms with Gasteiger partial charge in [-0.1, -0.05) is 34.1 Å². The van der Waals surface area contributed by atoms with E-state index in [0.29, 0.717) is 19.3 Å². The molecule has 2 aliphatic rings. The van der Waals surface area contributed by atoms with E-state index < -0.39 is 16.9 Å². The number of ketones is 2. The van der Waals surface area contributed by atoms with Crippen LogP contribution in [0.2, 0.25) is 0 Å². The Morgan fingerprint density at radius 3 is 2.56 bits per heavy atom. The third-order valence-corrected chi connectivity index (χ3v) is 5.11. The molecule has 2 aliphatic carbocycles. The van der Waals surface area contributed by atoms with Crippen LogP contribution in [0.15, 0.2) is 0 Å². The molecule has 3 heteroatoms. The first-order valence-corrected chi connectivity index (χ1v) is 7.03. The van der Waals surface area contributed by atoms with Gasteiger partial charge in [-0.3, -0.25) is 9.59 Å². The summed E-state index contributed by atoms with van der Waals surface area (Å²) in [6, 6.07) is 0. The third kappa shape index (κ3) is 1.59. The minimum Gasteiger partial charge on any atom is -0.392 e. The molecule has 0 heterocycles. The van der Waals surface area contributed by atoms with Crippen LogP contribution in [0.3, 0.4) is 0 Å². The predicted octanol–water partition coefficient (Wildman–Crippen LogP) is 2.36. The number of Topliss-reactive ketones (excluding diaryl/α,β-unsaturated/α-hetero) is 2. The lowest BCUT2D eigenvalue weighted by Crippen LogP contribution is -2.62. The van der Waals surface area contributed by atoms with Crippen LogP contribution in [-0.2, 0) is 9.59 Å². The lowest BCUT2D eigenvalue weighted by atomic mass is 9.49. The van der Waals surface area contributed by atoms with Crippen molar-refractivity contribution in [2.75, 3.05) is 0 Å². The van der Waals surface area contributed by atoms with Gasteiger partial charge in [0.2, 0.25) is 0 Å². The number of hydrogen-bond donors (Lipinski definition) is 1. The summed E-state index contributed by atoms with van der Waals surface area (Å²) in [6.45, 7) is 7.54.